The summed E-state index contributed by atoms with van der Waals surface area (Å²) < 4.78 is 14.8. The first-order valence-corrected chi connectivity index (χ1v) is 10.9. The second kappa shape index (κ2) is 8.59. The van der Waals surface area contributed by atoms with Crippen LogP contribution in [-0.2, 0) is 18.2 Å². The lowest BCUT2D eigenvalue weighted by molar-refractivity contribution is 0.00592. The van der Waals surface area contributed by atoms with Crippen molar-refractivity contribution in [3.8, 4) is 17.1 Å². The molecular weight excluding hydrogens is 404 g/mol. The minimum Gasteiger partial charge on any atom is -0.481 e. The fourth-order valence-corrected chi connectivity index (χ4v) is 4.43. The molecule has 0 N–H and O–H groups in total. The van der Waals surface area contributed by atoms with Gasteiger partial charge in [-0.15, -0.1) is 0 Å². The molecule has 1 aromatic carbocycles. The number of methoxy groups -OCH3 is 1. The van der Waals surface area contributed by atoms with Gasteiger partial charge in [0.2, 0.25) is 5.88 Å². The summed E-state index contributed by atoms with van der Waals surface area (Å²) in [5.41, 5.74) is 3.77. The number of benzene rings is 1. The zero-order valence-electron chi connectivity index (χ0n) is 18.3. The van der Waals surface area contributed by atoms with Gasteiger partial charge in [-0.1, -0.05) is 30.3 Å². The fraction of sp³-hybridized carbons (Fsp3) is 0.320. The Bertz CT molecular complexity index is 1290. The highest BCUT2D eigenvalue weighted by Gasteiger charge is 2.27. The van der Waals surface area contributed by atoms with E-state index in [9.17, 15) is 4.79 Å². The van der Waals surface area contributed by atoms with Gasteiger partial charge in [0, 0.05) is 43.6 Å². The molecule has 4 aromatic rings. The number of hydrogen-bond acceptors (Lipinski definition) is 5. The number of ether oxygens (including phenoxy) is 2. The summed E-state index contributed by atoms with van der Waals surface area (Å²) >= 11 is 0. The van der Waals surface area contributed by atoms with Crippen LogP contribution in [0.3, 0.4) is 0 Å². The topological polar surface area (TPSA) is 70.7 Å². The van der Waals surface area contributed by atoms with Gasteiger partial charge in [0.05, 0.1) is 25.1 Å². The fourth-order valence-electron chi connectivity index (χ4n) is 4.43. The van der Waals surface area contributed by atoms with E-state index in [1.54, 1.807) is 31.1 Å². The number of nitrogens with zero attached hydrogens (tertiary/aromatic N) is 4. The molecule has 0 amide bonds. The van der Waals surface area contributed by atoms with Crippen LogP contribution in [0, 0.1) is 0 Å². The van der Waals surface area contributed by atoms with E-state index in [4.69, 9.17) is 9.47 Å². The molecule has 0 spiro atoms. The average molecular weight is 431 g/mol. The zero-order chi connectivity index (χ0) is 22.1. The molecule has 3 aromatic heterocycles. The van der Waals surface area contributed by atoms with E-state index in [-0.39, 0.29) is 17.6 Å². The molecule has 32 heavy (non-hydrogen) atoms. The number of rotatable bonds is 5. The van der Waals surface area contributed by atoms with E-state index in [0.29, 0.717) is 18.0 Å². The van der Waals surface area contributed by atoms with Crippen LogP contribution in [0.2, 0.25) is 0 Å². The van der Waals surface area contributed by atoms with Gasteiger partial charge in [-0.25, -0.2) is 9.97 Å². The molecule has 1 aliphatic heterocycles. The summed E-state index contributed by atoms with van der Waals surface area (Å²) in [7, 11) is 3.38. The molecule has 0 saturated carbocycles. The predicted octanol–water partition coefficient (Wildman–Crippen LogP) is 3.61. The van der Waals surface area contributed by atoms with Crippen molar-refractivity contribution in [2.45, 2.75) is 31.3 Å². The Morgan fingerprint density at radius 1 is 1.16 bits per heavy atom. The van der Waals surface area contributed by atoms with E-state index < -0.39 is 0 Å². The standard InChI is InChI=1S/C25H26N4O3/c1-28-11-12-29-22(25(28)30)16-26-24(29)19-10-13-32-20(15-19)14-17-6-8-18(9-7-17)21-4-3-5-23(27-21)31-2/h3-9,11-12,16,19-20H,10,13-15H2,1-2H3. The molecule has 2 atom stereocenters. The number of aryl methyl sites for hydroxylation is 1. The van der Waals surface area contributed by atoms with Crippen molar-refractivity contribution in [3.05, 3.63) is 82.8 Å². The second-order valence-electron chi connectivity index (χ2n) is 8.27. The number of imidazole rings is 1. The lowest BCUT2D eigenvalue weighted by Crippen LogP contribution is -2.27. The van der Waals surface area contributed by atoms with E-state index in [1.165, 1.54) is 5.56 Å². The van der Waals surface area contributed by atoms with Crippen LogP contribution >= 0.6 is 0 Å². The number of pyridine rings is 1. The summed E-state index contributed by atoms with van der Waals surface area (Å²) in [6.07, 6.45) is 8.15. The predicted molar refractivity (Wildman–Crippen MR) is 122 cm³/mol. The number of aromatic nitrogens is 4. The molecule has 1 fully saturated rings. The van der Waals surface area contributed by atoms with E-state index >= 15 is 0 Å². The van der Waals surface area contributed by atoms with Gasteiger partial charge in [0.1, 0.15) is 11.3 Å². The largest absolute Gasteiger partial charge is 0.481 e. The van der Waals surface area contributed by atoms with Crippen molar-refractivity contribution >= 4 is 5.52 Å². The lowest BCUT2D eigenvalue weighted by atomic mass is 9.91. The minimum atomic E-state index is -0.0273. The molecule has 2 unspecified atom stereocenters. The van der Waals surface area contributed by atoms with Gasteiger partial charge >= 0.3 is 0 Å². The van der Waals surface area contributed by atoms with Crippen molar-refractivity contribution in [3.63, 3.8) is 0 Å². The first-order valence-electron chi connectivity index (χ1n) is 10.9. The Kier molecular flexibility index (Phi) is 5.49. The van der Waals surface area contributed by atoms with Crippen LogP contribution < -0.4 is 10.3 Å². The van der Waals surface area contributed by atoms with Crippen molar-refractivity contribution in [1.29, 1.82) is 0 Å². The zero-order valence-corrected chi connectivity index (χ0v) is 18.3. The summed E-state index contributed by atoms with van der Waals surface area (Å²) in [4.78, 5) is 21.5. The molecule has 0 aliphatic carbocycles. The Balaban J connectivity index is 1.30. The maximum absolute atomic E-state index is 12.4. The van der Waals surface area contributed by atoms with E-state index in [2.05, 4.69) is 34.2 Å². The Hall–Kier alpha value is -3.45. The molecule has 164 valence electrons. The highest BCUT2D eigenvalue weighted by Crippen LogP contribution is 2.31. The maximum atomic E-state index is 12.4. The van der Waals surface area contributed by atoms with Crippen LogP contribution in [0.4, 0.5) is 0 Å². The van der Waals surface area contributed by atoms with Crippen LogP contribution in [0.25, 0.3) is 16.8 Å². The van der Waals surface area contributed by atoms with E-state index in [1.807, 2.05) is 28.8 Å². The van der Waals surface area contributed by atoms with Crippen molar-refractivity contribution in [2.24, 2.45) is 7.05 Å². The monoisotopic (exact) mass is 430 g/mol. The third kappa shape index (κ3) is 3.91. The van der Waals surface area contributed by atoms with Crippen molar-refractivity contribution < 1.29 is 9.47 Å². The van der Waals surface area contributed by atoms with Crippen LogP contribution in [0.1, 0.15) is 30.1 Å². The average Bonchev–Trinajstić information content (AvgIpc) is 3.27. The molecule has 1 saturated heterocycles. The van der Waals surface area contributed by atoms with Gasteiger partial charge in [-0.3, -0.25) is 9.20 Å². The third-order valence-corrected chi connectivity index (χ3v) is 6.18. The molecular formula is C25H26N4O3. The normalized spacial score (nSPS) is 18.7. The third-order valence-electron chi connectivity index (χ3n) is 6.18. The van der Waals surface area contributed by atoms with Crippen LogP contribution in [0.5, 0.6) is 5.88 Å². The molecule has 4 heterocycles. The van der Waals surface area contributed by atoms with Crippen LogP contribution in [0.15, 0.2) is 65.8 Å². The molecule has 7 nitrogen and oxygen atoms in total. The van der Waals surface area contributed by atoms with Crippen LogP contribution in [-0.4, -0.2) is 38.8 Å². The first kappa shape index (κ1) is 20.5. The maximum Gasteiger partial charge on any atom is 0.276 e. The highest BCUT2D eigenvalue weighted by atomic mass is 16.5. The summed E-state index contributed by atoms with van der Waals surface area (Å²) in [6, 6.07) is 14.2. The Morgan fingerprint density at radius 2 is 2.00 bits per heavy atom. The lowest BCUT2D eigenvalue weighted by Gasteiger charge is -2.29. The van der Waals surface area contributed by atoms with Gasteiger partial charge < -0.3 is 14.0 Å². The van der Waals surface area contributed by atoms with E-state index in [0.717, 1.165) is 36.3 Å². The number of fused-ring (bicyclic) bond motifs is 1. The SMILES string of the molecule is COc1cccc(-c2ccc(CC3CC(c4ncc5c(=O)n(C)ccn45)CCO3)cc2)n1. The molecule has 5 rings (SSSR count). The quantitative estimate of drug-likeness (QED) is 0.484. The Morgan fingerprint density at radius 3 is 2.81 bits per heavy atom. The molecule has 0 bridgehead atoms. The van der Waals surface area contributed by atoms with Gasteiger partial charge in [-0.2, -0.15) is 0 Å². The summed E-state index contributed by atoms with van der Waals surface area (Å²) in [6.45, 7) is 0.695. The van der Waals surface area contributed by atoms with Gasteiger partial charge in [0.15, 0.2) is 0 Å². The number of hydrogen-bond donors (Lipinski definition) is 0. The second-order valence-corrected chi connectivity index (χ2v) is 8.27. The molecule has 1 aliphatic rings. The smallest absolute Gasteiger partial charge is 0.276 e. The highest BCUT2D eigenvalue weighted by molar-refractivity contribution is 5.60. The minimum absolute atomic E-state index is 0.0273. The van der Waals surface area contributed by atoms with Gasteiger partial charge in [-0.05, 0) is 30.9 Å². The summed E-state index contributed by atoms with van der Waals surface area (Å²) in [5.74, 6) is 1.83. The van der Waals surface area contributed by atoms with Gasteiger partial charge in [0.25, 0.3) is 5.56 Å². The first-order chi connectivity index (χ1) is 15.6. The molecule has 0 radical (unpaired) electrons. The van der Waals surface area contributed by atoms with Crippen molar-refractivity contribution in [2.75, 3.05) is 13.7 Å². The Labute approximate surface area is 186 Å². The summed E-state index contributed by atoms with van der Waals surface area (Å²) in [5, 5.41) is 0. The molecule has 7 heteroatoms. The van der Waals surface area contributed by atoms with Crippen molar-refractivity contribution in [1.82, 2.24) is 18.9 Å².